The standard InChI is InChI=1S/C13H13Br2F7O2S2/c1-3-25-7(2)10(15)5-8(14)4-9(6-10)26(23,24)13(21,22)11(16,17)12(18,19)20/h4,6-7H,3,5H2,1-2H3. The molecule has 0 aliphatic heterocycles. The van der Waals surface area contributed by atoms with Gasteiger partial charge in [-0.3, -0.25) is 0 Å². The van der Waals surface area contributed by atoms with Gasteiger partial charge < -0.3 is 0 Å². The number of hydrogen-bond acceptors (Lipinski definition) is 3. The average Bonchev–Trinajstić information content (AvgIpc) is 2.44. The van der Waals surface area contributed by atoms with Gasteiger partial charge in [0.1, 0.15) is 0 Å². The van der Waals surface area contributed by atoms with E-state index in [4.69, 9.17) is 0 Å². The maximum Gasteiger partial charge on any atom is 0.461 e. The lowest BCUT2D eigenvalue weighted by atomic mass is 9.97. The van der Waals surface area contributed by atoms with E-state index < -0.39 is 41.7 Å². The van der Waals surface area contributed by atoms with E-state index in [0.717, 1.165) is 6.08 Å². The molecule has 0 aromatic rings. The van der Waals surface area contributed by atoms with Crippen molar-refractivity contribution < 1.29 is 39.2 Å². The molecule has 26 heavy (non-hydrogen) atoms. The molecule has 0 fully saturated rings. The normalized spacial score (nSPS) is 24.1. The number of rotatable bonds is 6. The Balaban J connectivity index is 3.53. The molecule has 0 N–H and O–H groups in total. The van der Waals surface area contributed by atoms with Crippen molar-refractivity contribution in [1.29, 1.82) is 0 Å². The molecule has 1 aliphatic rings. The molecule has 13 heteroatoms. The Morgan fingerprint density at radius 2 is 1.73 bits per heavy atom. The van der Waals surface area contributed by atoms with Crippen LogP contribution in [0.15, 0.2) is 21.5 Å². The van der Waals surface area contributed by atoms with Crippen molar-refractivity contribution in [3.63, 3.8) is 0 Å². The molecule has 0 radical (unpaired) electrons. The second-order valence-electron chi connectivity index (χ2n) is 5.43. The van der Waals surface area contributed by atoms with Crippen LogP contribution in [0.4, 0.5) is 30.7 Å². The molecule has 1 aliphatic carbocycles. The fraction of sp³-hybridized carbons (Fsp3) is 0.692. The van der Waals surface area contributed by atoms with E-state index in [-0.39, 0.29) is 10.9 Å². The van der Waals surface area contributed by atoms with Gasteiger partial charge in [-0.15, -0.1) is 0 Å². The van der Waals surface area contributed by atoms with Gasteiger partial charge in [-0.25, -0.2) is 8.42 Å². The van der Waals surface area contributed by atoms with Crippen molar-refractivity contribution in [2.75, 3.05) is 5.75 Å². The molecule has 2 unspecified atom stereocenters. The number of thioether (sulfide) groups is 1. The van der Waals surface area contributed by atoms with Gasteiger partial charge in [-0.2, -0.15) is 42.5 Å². The first-order chi connectivity index (χ1) is 11.4. The lowest BCUT2D eigenvalue weighted by Gasteiger charge is -2.35. The van der Waals surface area contributed by atoms with Gasteiger partial charge in [0.05, 0.1) is 9.23 Å². The Labute approximate surface area is 166 Å². The lowest BCUT2D eigenvalue weighted by Crippen LogP contribution is -2.56. The minimum Gasteiger partial charge on any atom is -0.217 e. The van der Waals surface area contributed by atoms with Crippen molar-refractivity contribution in [3.05, 3.63) is 21.5 Å². The van der Waals surface area contributed by atoms with Crippen LogP contribution in [0.5, 0.6) is 0 Å². The van der Waals surface area contributed by atoms with Gasteiger partial charge in [0.25, 0.3) is 0 Å². The van der Waals surface area contributed by atoms with Crippen molar-refractivity contribution in [2.45, 2.75) is 47.2 Å². The molecule has 0 spiro atoms. The van der Waals surface area contributed by atoms with Crippen LogP contribution < -0.4 is 0 Å². The molecule has 0 bridgehead atoms. The van der Waals surface area contributed by atoms with Crippen LogP contribution in [0.1, 0.15) is 20.3 Å². The molecule has 2 atom stereocenters. The fourth-order valence-electron chi connectivity index (χ4n) is 2.08. The first-order valence-corrected chi connectivity index (χ1v) is 11.0. The third kappa shape index (κ3) is 4.14. The van der Waals surface area contributed by atoms with Crippen LogP contribution >= 0.6 is 43.6 Å². The summed E-state index contributed by atoms with van der Waals surface area (Å²) in [5.74, 6) is -6.18. The second-order valence-corrected chi connectivity index (χ2v) is 11.5. The van der Waals surface area contributed by atoms with Crippen molar-refractivity contribution in [3.8, 4) is 0 Å². The molecule has 0 saturated heterocycles. The molecule has 0 amide bonds. The summed E-state index contributed by atoms with van der Waals surface area (Å²) in [5, 5.41) is -6.77. The van der Waals surface area contributed by atoms with Gasteiger partial charge in [-0.05, 0) is 28.8 Å². The Morgan fingerprint density at radius 3 is 2.15 bits per heavy atom. The first kappa shape index (κ1) is 24.3. The summed E-state index contributed by atoms with van der Waals surface area (Å²) in [6.07, 6.45) is -5.28. The highest BCUT2D eigenvalue weighted by Gasteiger charge is 2.79. The van der Waals surface area contributed by atoms with Gasteiger partial charge in [0.15, 0.2) is 0 Å². The highest BCUT2D eigenvalue weighted by molar-refractivity contribution is 9.12. The van der Waals surface area contributed by atoms with Crippen molar-refractivity contribution in [1.82, 2.24) is 0 Å². The van der Waals surface area contributed by atoms with E-state index in [2.05, 4.69) is 31.9 Å². The Morgan fingerprint density at radius 1 is 1.23 bits per heavy atom. The van der Waals surface area contributed by atoms with Crippen LogP contribution in [0.3, 0.4) is 0 Å². The molecule has 0 aromatic heterocycles. The summed E-state index contributed by atoms with van der Waals surface area (Å²) in [7, 11) is -6.34. The third-order valence-corrected chi connectivity index (χ3v) is 8.63. The third-order valence-electron chi connectivity index (χ3n) is 3.58. The quantitative estimate of drug-likeness (QED) is 0.295. The van der Waals surface area contributed by atoms with Crippen molar-refractivity contribution in [2.24, 2.45) is 0 Å². The zero-order chi connectivity index (χ0) is 20.8. The van der Waals surface area contributed by atoms with Gasteiger partial charge >= 0.3 is 17.4 Å². The van der Waals surface area contributed by atoms with Crippen LogP contribution in [-0.4, -0.2) is 41.1 Å². The van der Waals surface area contributed by atoms with Crippen LogP contribution in [-0.2, 0) is 9.84 Å². The first-order valence-electron chi connectivity index (χ1n) is 6.90. The highest BCUT2D eigenvalue weighted by Crippen LogP contribution is 2.52. The van der Waals surface area contributed by atoms with E-state index in [0.29, 0.717) is 11.8 Å². The van der Waals surface area contributed by atoms with Crippen LogP contribution in [0, 0.1) is 0 Å². The summed E-state index contributed by atoms with van der Waals surface area (Å²) < 4.78 is 114. The highest BCUT2D eigenvalue weighted by atomic mass is 79.9. The fourth-order valence-corrected chi connectivity index (χ4v) is 6.76. The Bertz CT molecular complexity index is 716. The van der Waals surface area contributed by atoms with E-state index in [1.165, 1.54) is 11.8 Å². The number of halogens is 9. The molecule has 1 rings (SSSR count). The second kappa shape index (κ2) is 7.58. The molecule has 152 valence electrons. The van der Waals surface area contributed by atoms with E-state index in [1.807, 2.05) is 0 Å². The van der Waals surface area contributed by atoms with E-state index in [1.54, 1.807) is 13.8 Å². The number of alkyl halides is 8. The van der Waals surface area contributed by atoms with Crippen molar-refractivity contribution >= 4 is 53.5 Å². The smallest absolute Gasteiger partial charge is 0.217 e. The van der Waals surface area contributed by atoms with Crippen LogP contribution in [0.25, 0.3) is 0 Å². The predicted octanol–water partition coefficient (Wildman–Crippen LogP) is 6.03. The largest absolute Gasteiger partial charge is 0.461 e. The molecule has 0 heterocycles. The summed E-state index contributed by atoms with van der Waals surface area (Å²) in [4.78, 5) is -1.31. The minimum absolute atomic E-state index is 0.0603. The topological polar surface area (TPSA) is 34.1 Å². The zero-order valence-corrected chi connectivity index (χ0v) is 18.0. The minimum atomic E-state index is -6.75. The summed E-state index contributed by atoms with van der Waals surface area (Å²) in [5.41, 5.74) is 0. The lowest BCUT2D eigenvalue weighted by molar-refractivity contribution is -0.331. The summed E-state index contributed by atoms with van der Waals surface area (Å²) in [6.45, 7) is 3.42. The molecular weight excluding hydrogens is 545 g/mol. The van der Waals surface area contributed by atoms with Gasteiger partial charge in [-0.1, -0.05) is 45.7 Å². The monoisotopic (exact) mass is 556 g/mol. The molecule has 0 aromatic carbocycles. The maximum atomic E-state index is 13.8. The number of sulfone groups is 1. The van der Waals surface area contributed by atoms with E-state index in [9.17, 15) is 39.2 Å². The molecular formula is C13H13Br2F7O2S2. The Hall–Kier alpha value is 0.250. The van der Waals surface area contributed by atoms with E-state index >= 15 is 0 Å². The Kier molecular flexibility index (Phi) is 7.08. The van der Waals surface area contributed by atoms with Crippen LogP contribution in [0.2, 0.25) is 0 Å². The SMILES string of the molecule is CCSC(C)C1(Br)C=C(S(=O)(=O)C(F)(F)C(F)(F)C(F)(F)F)C=C(Br)C1. The molecule has 0 saturated carbocycles. The number of hydrogen-bond donors (Lipinski definition) is 0. The maximum absolute atomic E-state index is 13.8. The predicted molar refractivity (Wildman–Crippen MR) is 93.8 cm³/mol. The number of allylic oxidation sites excluding steroid dienone is 3. The summed E-state index contributed by atoms with van der Waals surface area (Å²) in [6, 6.07) is 0. The van der Waals surface area contributed by atoms with Gasteiger partial charge in [0, 0.05) is 5.25 Å². The molecule has 2 nitrogen and oxygen atoms in total. The average molecular weight is 558 g/mol. The summed E-state index contributed by atoms with van der Waals surface area (Å²) >= 11 is 7.46. The van der Waals surface area contributed by atoms with Gasteiger partial charge in [0.2, 0.25) is 9.84 Å². The zero-order valence-electron chi connectivity index (χ0n) is 13.2.